The Hall–Kier alpha value is -1.72. The van der Waals surface area contributed by atoms with Crippen LogP contribution in [0.2, 0.25) is 0 Å². The van der Waals surface area contributed by atoms with Gasteiger partial charge in [-0.2, -0.15) is 13.2 Å². The molecule has 1 aromatic carbocycles. The lowest BCUT2D eigenvalue weighted by molar-refractivity contribution is -0.132. The number of carbonyl (C=O) groups excluding carboxylic acids is 1. The van der Waals surface area contributed by atoms with Gasteiger partial charge < -0.3 is 10.6 Å². The Labute approximate surface area is 110 Å². The van der Waals surface area contributed by atoms with Gasteiger partial charge in [0.25, 0.3) is 5.91 Å². The summed E-state index contributed by atoms with van der Waals surface area (Å²) < 4.78 is 35.9. The summed E-state index contributed by atoms with van der Waals surface area (Å²) in [5.74, 6) is -0.490. The van der Waals surface area contributed by atoms with Crippen LogP contribution in [-0.2, 0) is 0 Å². The van der Waals surface area contributed by atoms with Gasteiger partial charge in [0, 0.05) is 24.3 Å². The molecule has 1 amide bonds. The van der Waals surface area contributed by atoms with Crippen LogP contribution in [0.15, 0.2) is 18.2 Å². The minimum absolute atomic E-state index is 0.362. The first-order valence-corrected chi connectivity index (χ1v) is 6.03. The molecule has 2 N–H and O–H groups in total. The van der Waals surface area contributed by atoms with Crippen LogP contribution in [0.5, 0.6) is 0 Å². The topological polar surface area (TPSA) is 41.1 Å². The minimum atomic E-state index is -4.25. The predicted molar refractivity (Wildman–Crippen MR) is 68.3 cm³/mol. The molecule has 0 fully saturated rings. The fourth-order valence-corrected chi connectivity index (χ4v) is 1.61. The third-order valence-electron chi connectivity index (χ3n) is 2.55. The van der Waals surface area contributed by atoms with Gasteiger partial charge in [0.2, 0.25) is 0 Å². The Morgan fingerprint density at radius 1 is 1.32 bits per heavy atom. The van der Waals surface area contributed by atoms with Crippen LogP contribution in [0.25, 0.3) is 0 Å². The first-order valence-electron chi connectivity index (χ1n) is 6.03. The largest absolute Gasteiger partial charge is 0.390 e. The molecule has 0 aromatic heterocycles. The summed E-state index contributed by atoms with van der Waals surface area (Å²) in [4.78, 5) is 11.7. The van der Waals surface area contributed by atoms with Gasteiger partial charge in [-0.1, -0.05) is 0 Å². The molecule has 0 atom stereocenters. The van der Waals surface area contributed by atoms with E-state index in [9.17, 15) is 18.0 Å². The number of amides is 1. The van der Waals surface area contributed by atoms with Crippen LogP contribution >= 0.6 is 0 Å². The molecule has 0 aliphatic carbocycles. The zero-order valence-electron chi connectivity index (χ0n) is 10.9. The van der Waals surface area contributed by atoms with E-state index in [0.29, 0.717) is 5.56 Å². The number of hydrogen-bond donors (Lipinski definition) is 2. The normalized spacial score (nSPS) is 11.2. The lowest BCUT2D eigenvalue weighted by Gasteiger charge is -2.11. The van der Waals surface area contributed by atoms with Gasteiger partial charge in [0.05, 0.1) is 6.42 Å². The summed E-state index contributed by atoms with van der Waals surface area (Å²) in [6, 6.07) is 4.99. The Balaban J connectivity index is 2.60. The molecule has 1 aromatic rings. The number of aryl methyl sites for hydroxylation is 1. The fraction of sp³-hybridized carbons (Fsp3) is 0.462. The third kappa shape index (κ3) is 5.19. The van der Waals surface area contributed by atoms with E-state index in [0.717, 1.165) is 17.8 Å². The van der Waals surface area contributed by atoms with Crippen LogP contribution in [-0.4, -0.2) is 25.2 Å². The van der Waals surface area contributed by atoms with Crippen molar-refractivity contribution < 1.29 is 18.0 Å². The van der Waals surface area contributed by atoms with Gasteiger partial charge in [-0.15, -0.1) is 0 Å². The maximum absolute atomic E-state index is 12.0. The van der Waals surface area contributed by atoms with Crippen molar-refractivity contribution in [2.24, 2.45) is 0 Å². The molecule has 0 bridgehead atoms. The highest BCUT2D eigenvalue weighted by atomic mass is 19.4. The van der Waals surface area contributed by atoms with Crippen LogP contribution < -0.4 is 10.6 Å². The highest BCUT2D eigenvalue weighted by molar-refractivity contribution is 5.94. The van der Waals surface area contributed by atoms with E-state index in [4.69, 9.17) is 0 Å². The number of rotatable bonds is 5. The van der Waals surface area contributed by atoms with E-state index >= 15 is 0 Å². The Kier molecular flexibility index (Phi) is 5.20. The van der Waals surface area contributed by atoms with E-state index in [1.54, 1.807) is 18.2 Å². The number of carbonyl (C=O) groups is 1. The Bertz CT molecular complexity index is 444. The zero-order chi connectivity index (χ0) is 14.5. The molecule has 106 valence electrons. The second-order valence-electron chi connectivity index (χ2n) is 4.18. The van der Waals surface area contributed by atoms with Gasteiger partial charge in [-0.3, -0.25) is 4.79 Å². The predicted octanol–water partition coefficient (Wildman–Crippen LogP) is 3.11. The number of nitrogens with one attached hydrogen (secondary N) is 2. The van der Waals surface area contributed by atoms with Gasteiger partial charge in [0.15, 0.2) is 0 Å². The molecule has 0 unspecified atom stereocenters. The van der Waals surface area contributed by atoms with E-state index < -0.39 is 25.0 Å². The number of halogens is 3. The van der Waals surface area contributed by atoms with Gasteiger partial charge in [-0.05, 0) is 37.6 Å². The summed E-state index contributed by atoms with van der Waals surface area (Å²) in [7, 11) is 0. The second-order valence-corrected chi connectivity index (χ2v) is 4.18. The molecule has 6 heteroatoms. The number of hydrogen-bond acceptors (Lipinski definition) is 2. The maximum atomic E-state index is 12.0. The molecule has 0 spiro atoms. The van der Waals surface area contributed by atoms with Crippen LogP contribution in [0.3, 0.4) is 0 Å². The van der Waals surface area contributed by atoms with Crippen molar-refractivity contribution in [3.05, 3.63) is 29.3 Å². The van der Waals surface area contributed by atoms with Gasteiger partial charge in [-0.25, -0.2) is 0 Å². The van der Waals surface area contributed by atoms with E-state index in [-0.39, 0.29) is 0 Å². The number of anilines is 1. The van der Waals surface area contributed by atoms with Crippen molar-refractivity contribution in [1.29, 1.82) is 0 Å². The summed E-state index contributed by atoms with van der Waals surface area (Å²) >= 11 is 0. The highest BCUT2D eigenvalue weighted by Gasteiger charge is 2.26. The minimum Gasteiger partial charge on any atom is -0.385 e. The first-order chi connectivity index (χ1) is 8.83. The molecule has 0 saturated carbocycles. The van der Waals surface area contributed by atoms with E-state index in [1.165, 1.54) is 0 Å². The summed E-state index contributed by atoms with van der Waals surface area (Å²) in [5.41, 5.74) is 2.15. The van der Waals surface area contributed by atoms with Gasteiger partial charge in [0.1, 0.15) is 0 Å². The van der Waals surface area contributed by atoms with Crippen molar-refractivity contribution in [2.75, 3.05) is 18.4 Å². The van der Waals surface area contributed by atoms with Crippen molar-refractivity contribution in [1.82, 2.24) is 5.32 Å². The van der Waals surface area contributed by atoms with Crippen molar-refractivity contribution in [3.8, 4) is 0 Å². The lowest BCUT2D eigenvalue weighted by atomic mass is 10.1. The van der Waals surface area contributed by atoms with E-state index in [1.807, 2.05) is 13.8 Å². The monoisotopic (exact) mass is 274 g/mol. The number of benzene rings is 1. The zero-order valence-corrected chi connectivity index (χ0v) is 10.9. The smallest absolute Gasteiger partial charge is 0.385 e. The maximum Gasteiger partial charge on any atom is 0.390 e. The molecular formula is C13H17F3N2O. The molecule has 0 radical (unpaired) electrons. The summed E-state index contributed by atoms with van der Waals surface area (Å²) in [6.07, 6.45) is -5.27. The Morgan fingerprint density at radius 2 is 2.00 bits per heavy atom. The standard InChI is InChI=1S/C13H17F3N2O/c1-3-17-11-5-4-10(8-9(11)2)12(19)18-7-6-13(14,15)16/h4-5,8,17H,3,6-7H2,1-2H3,(H,18,19). The van der Waals surface area contributed by atoms with Crippen molar-refractivity contribution in [3.63, 3.8) is 0 Å². The average Bonchev–Trinajstić information content (AvgIpc) is 2.30. The SMILES string of the molecule is CCNc1ccc(C(=O)NCCC(F)(F)F)cc1C. The van der Waals surface area contributed by atoms with Gasteiger partial charge >= 0.3 is 6.18 Å². The molecule has 0 aliphatic rings. The molecule has 19 heavy (non-hydrogen) atoms. The fourth-order valence-electron chi connectivity index (χ4n) is 1.61. The highest BCUT2D eigenvalue weighted by Crippen LogP contribution is 2.19. The van der Waals surface area contributed by atoms with Crippen molar-refractivity contribution in [2.45, 2.75) is 26.4 Å². The molecule has 0 heterocycles. The quantitative estimate of drug-likeness (QED) is 0.866. The second kappa shape index (κ2) is 6.45. The van der Waals surface area contributed by atoms with Crippen LogP contribution in [0.1, 0.15) is 29.3 Å². The van der Waals surface area contributed by atoms with Crippen LogP contribution in [0, 0.1) is 6.92 Å². The number of alkyl halides is 3. The first kappa shape index (κ1) is 15.3. The van der Waals surface area contributed by atoms with E-state index in [2.05, 4.69) is 10.6 Å². The van der Waals surface area contributed by atoms with Crippen molar-refractivity contribution >= 4 is 11.6 Å². The third-order valence-corrected chi connectivity index (χ3v) is 2.55. The average molecular weight is 274 g/mol. The summed E-state index contributed by atoms with van der Waals surface area (Å²) in [5, 5.41) is 5.38. The summed E-state index contributed by atoms with van der Waals surface area (Å²) in [6.45, 7) is 4.15. The molecule has 0 saturated heterocycles. The molecule has 3 nitrogen and oxygen atoms in total. The Morgan fingerprint density at radius 3 is 2.53 bits per heavy atom. The molecule has 0 aliphatic heterocycles. The lowest BCUT2D eigenvalue weighted by Crippen LogP contribution is -2.28. The molecular weight excluding hydrogens is 257 g/mol. The van der Waals surface area contributed by atoms with Crippen LogP contribution in [0.4, 0.5) is 18.9 Å². The molecule has 1 rings (SSSR count).